The van der Waals surface area contributed by atoms with Crippen LogP contribution in [0.25, 0.3) is 0 Å². The summed E-state index contributed by atoms with van der Waals surface area (Å²) in [6, 6.07) is -1.71. The molecule has 0 spiro atoms. The second-order valence-electron chi connectivity index (χ2n) is 6.67. The van der Waals surface area contributed by atoms with Crippen molar-refractivity contribution >= 4 is 20.1 Å². The topological polar surface area (TPSA) is 143 Å². The number of rotatable bonds is 9. The van der Waals surface area contributed by atoms with Gasteiger partial charge in [0.15, 0.2) is 6.16 Å². The lowest BCUT2D eigenvalue weighted by molar-refractivity contribution is -0.0715. The van der Waals surface area contributed by atoms with Gasteiger partial charge >= 0.3 is 31.8 Å². The van der Waals surface area contributed by atoms with Gasteiger partial charge in [0.05, 0.1) is 12.2 Å². The third kappa shape index (κ3) is 9.04. The Balaban J connectivity index is 2.77. The van der Waals surface area contributed by atoms with Gasteiger partial charge in [-0.05, 0) is 40.7 Å². The molecule has 1 atom stereocenters. The quantitative estimate of drug-likeness (QED) is 0.262. The van der Waals surface area contributed by atoms with Crippen LogP contribution >= 0.6 is 7.80 Å². The molecule has 1 aromatic heterocycles. The lowest BCUT2D eigenvalue weighted by atomic mass is 10.4. The van der Waals surface area contributed by atoms with Crippen LogP contribution in [0.15, 0.2) is 27.9 Å². The van der Waals surface area contributed by atoms with E-state index in [0.29, 0.717) is 5.56 Å². The van der Waals surface area contributed by atoms with Crippen molar-refractivity contribution in [2.75, 3.05) is 6.16 Å². The number of carbonyl (C=O) groups excluding carboxylic acids is 2. The molecule has 12 heteroatoms. The summed E-state index contributed by atoms with van der Waals surface area (Å²) in [5.74, 6) is 0. The number of hydrogen-bond acceptors (Lipinski definition) is 9. The van der Waals surface area contributed by atoms with E-state index in [2.05, 4.69) is 4.98 Å². The molecule has 0 saturated heterocycles. The van der Waals surface area contributed by atoms with Crippen LogP contribution < -0.4 is 11.2 Å². The van der Waals surface area contributed by atoms with Crippen LogP contribution in [0.3, 0.4) is 0 Å². The molecule has 1 unspecified atom stereocenters. The molecule has 0 aliphatic heterocycles. The highest BCUT2D eigenvalue weighted by Crippen LogP contribution is 2.31. The molecule has 1 aromatic rings. The summed E-state index contributed by atoms with van der Waals surface area (Å²) in [4.78, 5) is 48.6. The first-order valence-electron chi connectivity index (χ1n) is 9.13. The summed E-state index contributed by atoms with van der Waals surface area (Å²) in [7, 11) is -2.39. The molecular weight excluding hydrogens is 419 g/mol. The minimum Gasteiger partial charge on any atom is -0.431 e. The first kappa shape index (κ1) is 25.1. The van der Waals surface area contributed by atoms with E-state index >= 15 is 0 Å². The Morgan fingerprint density at radius 1 is 1.03 bits per heavy atom. The molecule has 0 aliphatic carbocycles. The van der Waals surface area contributed by atoms with Gasteiger partial charge in [-0.1, -0.05) is 10.6 Å². The maximum absolute atomic E-state index is 12.5. The summed E-state index contributed by atoms with van der Waals surface area (Å²) in [6.07, 6.45) is 1.00. The Labute approximate surface area is 173 Å². The van der Waals surface area contributed by atoms with Crippen molar-refractivity contribution in [1.82, 2.24) is 9.55 Å². The van der Waals surface area contributed by atoms with Crippen molar-refractivity contribution in [3.63, 3.8) is 0 Å². The van der Waals surface area contributed by atoms with E-state index in [1.54, 1.807) is 34.6 Å². The molecule has 166 valence electrons. The normalized spacial score (nSPS) is 11.8. The van der Waals surface area contributed by atoms with E-state index in [-0.39, 0.29) is 12.7 Å². The van der Waals surface area contributed by atoms with E-state index in [1.165, 1.54) is 22.9 Å². The average Bonchev–Trinajstić information content (AvgIpc) is 2.60. The zero-order valence-electron chi connectivity index (χ0n) is 17.4. The van der Waals surface area contributed by atoms with Crippen LogP contribution in [-0.4, -0.2) is 46.3 Å². The molecule has 0 amide bonds. The number of nitrogens with zero attached hydrogens (tertiary/aromatic N) is 1. The monoisotopic (exact) mass is 445 g/mol. The van der Waals surface area contributed by atoms with Gasteiger partial charge in [0, 0.05) is 18.3 Å². The van der Waals surface area contributed by atoms with Gasteiger partial charge in [0.2, 0.25) is 0 Å². The lowest BCUT2D eigenvalue weighted by Gasteiger charge is -2.13. The molecule has 30 heavy (non-hydrogen) atoms. The van der Waals surface area contributed by atoms with Crippen molar-refractivity contribution in [1.29, 1.82) is 0 Å². The number of allylic oxidation sites excluding steroid dienone is 2. The predicted molar refractivity (Wildman–Crippen MR) is 107 cm³/mol. The van der Waals surface area contributed by atoms with E-state index in [1.807, 2.05) is 0 Å². The van der Waals surface area contributed by atoms with Crippen LogP contribution in [0.4, 0.5) is 9.59 Å². The van der Waals surface area contributed by atoms with Gasteiger partial charge in [-0.3, -0.25) is 14.3 Å². The summed E-state index contributed by atoms with van der Waals surface area (Å²) in [5, 5.41) is 0. The second-order valence-corrected chi connectivity index (χ2v) is 8.29. The van der Waals surface area contributed by atoms with Crippen molar-refractivity contribution < 1.29 is 33.1 Å². The number of nitrogens with one attached hydrogen (secondary N) is 1. The zero-order valence-corrected chi connectivity index (χ0v) is 18.3. The highest BCUT2D eigenvalue weighted by Gasteiger charge is 2.38. The Morgan fingerprint density at radius 3 is 2.07 bits per heavy atom. The van der Waals surface area contributed by atoms with Crippen molar-refractivity contribution in [2.45, 2.75) is 59.4 Å². The minimum absolute atomic E-state index is 0.108. The van der Waals surface area contributed by atoms with E-state index in [0.717, 1.165) is 0 Å². The van der Waals surface area contributed by atoms with Crippen molar-refractivity contribution in [3.8, 4) is 0 Å². The number of hydrogen-bond donors (Lipinski definition) is 1. The number of ether oxygens (including phenoxy) is 4. The first-order valence-corrected chi connectivity index (χ1v) is 10.6. The van der Waals surface area contributed by atoms with E-state index < -0.39 is 49.6 Å². The number of H-pyrrole nitrogens is 1. The summed E-state index contributed by atoms with van der Waals surface area (Å²) in [5.41, 5.74) is -0.692. The maximum atomic E-state index is 12.5. The molecule has 1 N–H and O–H groups in total. The van der Waals surface area contributed by atoms with Crippen LogP contribution in [0.5, 0.6) is 0 Å². The molecule has 0 fully saturated rings. The minimum atomic E-state index is -2.39. The fourth-order valence-corrected chi connectivity index (χ4v) is 2.89. The Hall–Kier alpha value is -2.94. The maximum Gasteiger partial charge on any atom is 0.514 e. The van der Waals surface area contributed by atoms with Gasteiger partial charge in [-0.2, -0.15) is 0 Å². The highest BCUT2D eigenvalue weighted by atomic mass is 31.1. The number of aromatic amines is 1. The third-order valence-corrected chi connectivity index (χ3v) is 4.49. The number of aromatic nitrogens is 2. The molecule has 0 aliphatic rings. The average molecular weight is 445 g/mol. The molecule has 0 radical (unpaired) electrons. The standard InChI is InChI=1S/C18H25N2O9P/c1-11(2)26-16(23)28-18(29-17(24)27-12(3)4)30(25)9-7-6-8-20-10-13(5)14(21)19-15(20)22/h6-7,10-12,18H,8-9H2,1-5H3/p+1/b7-6+. The van der Waals surface area contributed by atoms with Crippen molar-refractivity contribution in [3.05, 3.63) is 44.8 Å². The van der Waals surface area contributed by atoms with Gasteiger partial charge in [0.25, 0.3) is 5.56 Å². The Kier molecular flexibility index (Phi) is 9.97. The van der Waals surface area contributed by atoms with Gasteiger partial charge < -0.3 is 18.9 Å². The summed E-state index contributed by atoms with van der Waals surface area (Å²) < 4.78 is 33.0. The van der Waals surface area contributed by atoms with E-state index in [9.17, 15) is 23.7 Å². The van der Waals surface area contributed by atoms with Crippen LogP contribution in [0, 0.1) is 6.92 Å². The molecule has 1 rings (SSSR count). The molecule has 0 bridgehead atoms. The fourth-order valence-electron chi connectivity index (χ4n) is 1.95. The number of carbonyl (C=O) groups is 2. The zero-order chi connectivity index (χ0) is 22.8. The highest BCUT2D eigenvalue weighted by molar-refractivity contribution is 7.45. The third-order valence-electron chi connectivity index (χ3n) is 3.24. The largest absolute Gasteiger partial charge is 0.514 e. The molecule has 0 saturated carbocycles. The molecular formula is C18H26N2O9P+. The van der Waals surface area contributed by atoms with E-state index in [4.69, 9.17) is 18.9 Å². The molecule has 11 nitrogen and oxygen atoms in total. The first-order chi connectivity index (χ1) is 14.0. The van der Waals surface area contributed by atoms with Crippen LogP contribution in [-0.2, 0) is 30.1 Å². The second kappa shape index (κ2) is 11.9. The molecule has 1 heterocycles. The summed E-state index contributed by atoms with van der Waals surface area (Å²) in [6.45, 7) is 8.03. The van der Waals surface area contributed by atoms with Crippen LogP contribution in [0.1, 0.15) is 33.3 Å². The van der Waals surface area contributed by atoms with Crippen LogP contribution in [0.2, 0.25) is 0 Å². The SMILES string of the molecule is Cc1cn(C/C=C/C[P+](=O)C(OC(=O)OC(C)C)OC(=O)OC(C)C)c(=O)[nH]c1=O. The number of aryl methyl sites for hydroxylation is 1. The van der Waals surface area contributed by atoms with Crippen molar-refractivity contribution in [2.24, 2.45) is 0 Å². The Bertz CT molecular complexity index is 878. The smallest absolute Gasteiger partial charge is 0.431 e. The van der Waals surface area contributed by atoms with Gasteiger partial charge in [0.1, 0.15) is 0 Å². The molecule has 0 aromatic carbocycles. The lowest BCUT2D eigenvalue weighted by Crippen LogP contribution is -2.30. The predicted octanol–water partition coefficient (Wildman–Crippen LogP) is 2.64. The summed E-state index contributed by atoms with van der Waals surface area (Å²) >= 11 is 0. The Morgan fingerprint density at radius 2 is 1.57 bits per heavy atom. The fraction of sp³-hybridized carbons (Fsp3) is 0.556. The van der Waals surface area contributed by atoms with Gasteiger partial charge in [-0.25, -0.2) is 14.4 Å². The van der Waals surface area contributed by atoms with Gasteiger partial charge in [-0.15, -0.1) is 0 Å².